The number of fused-ring (bicyclic) bond motifs is 1. The molecule has 2 amide bonds. The molecule has 0 atom stereocenters. The predicted octanol–water partition coefficient (Wildman–Crippen LogP) is 3.39. The second-order valence-corrected chi connectivity index (χ2v) is 6.04. The van der Waals surface area contributed by atoms with E-state index in [9.17, 15) is 9.59 Å². The molecule has 1 aliphatic heterocycles. The van der Waals surface area contributed by atoms with Crippen molar-refractivity contribution in [2.75, 3.05) is 23.4 Å². The topological polar surface area (TPSA) is 58.6 Å². The Morgan fingerprint density at radius 2 is 1.96 bits per heavy atom. The van der Waals surface area contributed by atoms with Crippen molar-refractivity contribution in [1.82, 2.24) is 0 Å². The SMILES string of the molecule is CCCN1C(=O)CCc2cc(NC(=O)COc3ccccc3)ccc21. The van der Waals surface area contributed by atoms with Crippen LogP contribution < -0.4 is 15.0 Å². The third-order valence-electron chi connectivity index (χ3n) is 4.12. The number of para-hydroxylation sites is 1. The summed E-state index contributed by atoms with van der Waals surface area (Å²) in [5.41, 5.74) is 2.78. The van der Waals surface area contributed by atoms with Crippen LogP contribution in [0.15, 0.2) is 48.5 Å². The van der Waals surface area contributed by atoms with Crippen LogP contribution in [-0.2, 0) is 16.0 Å². The minimum absolute atomic E-state index is 0.0401. The van der Waals surface area contributed by atoms with Gasteiger partial charge in [-0.1, -0.05) is 25.1 Å². The van der Waals surface area contributed by atoms with Crippen molar-refractivity contribution in [3.63, 3.8) is 0 Å². The fraction of sp³-hybridized carbons (Fsp3) is 0.300. The van der Waals surface area contributed by atoms with Crippen LogP contribution in [0.4, 0.5) is 11.4 Å². The van der Waals surface area contributed by atoms with E-state index in [0.717, 1.165) is 29.9 Å². The summed E-state index contributed by atoms with van der Waals surface area (Å²) in [6, 6.07) is 14.9. The van der Waals surface area contributed by atoms with E-state index in [-0.39, 0.29) is 18.4 Å². The third-order valence-corrected chi connectivity index (χ3v) is 4.12. The molecule has 1 N–H and O–H groups in total. The molecule has 0 saturated heterocycles. The van der Waals surface area contributed by atoms with Gasteiger partial charge < -0.3 is 15.0 Å². The van der Waals surface area contributed by atoms with Crippen LogP contribution in [0.1, 0.15) is 25.3 Å². The molecule has 0 aromatic heterocycles. The Bertz CT molecular complexity index is 759. The monoisotopic (exact) mass is 338 g/mol. The number of anilines is 2. The van der Waals surface area contributed by atoms with Crippen molar-refractivity contribution in [3.8, 4) is 5.75 Å². The van der Waals surface area contributed by atoms with Gasteiger partial charge in [-0.3, -0.25) is 9.59 Å². The zero-order valence-corrected chi connectivity index (χ0v) is 14.3. The molecule has 3 rings (SSSR count). The van der Waals surface area contributed by atoms with Crippen molar-refractivity contribution in [1.29, 1.82) is 0 Å². The number of benzene rings is 2. The molecule has 0 unspecified atom stereocenters. The molecule has 130 valence electrons. The van der Waals surface area contributed by atoms with Gasteiger partial charge in [-0.25, -0.2) is 0 Å². The molecule has 0 radical (unpaired) electrons. The number of carbonyl (C=O) groups is 2. The maximum Gasteiger partial charge on any atom is 0.262 e. The largest absolute Gasteiger partial charge is 0.484 e. The first kappa shape index (κ1) is 17.0. The normalized spacial score (nSPS) is 13.3. The fourth-order valence-electron chi connectivity index (χ4n) is 2.97. The molecule has 0 saturated carbocycles. The van der Waals surface area contributed by atoms with E-state index in [1.807, 2.05) is 53.4 Å². The molecule has 0 aliphatic carbocycles. The van der Waals surface area contributed by atoms with Crippen molar-refractivity contribution >= 4 is 23.2 Å². The number of nitrogens with one attached hydrogen (secondary N) is 1. The van der Waals surface area contributed by atoms with Crippen LogP contribution >= 0.6 is 0 Å². The zero-order chi connectivity index (χ0) is 17.6. The lowest BCUT2D eigenvalue weighted by Gasteiger charge is -2.29. The van der Waals surface area contributed by atoms with Crippen LogP contribution in [-0.4, -0.2) is 25.0 Å². The standard InChI is InChI=1S/C20H22N2O3/c1-2-12-22-18-10-9-16(13-15(18)8-11-20(22)24)21-19(23)14-25-17-6-4-3-5-7-17/h3-7,9-10,13H,2,8,11-12,14H2,1H3,(H,21,23). The Morgan fingerprint density at radius 3 is 2.72 bits per heavy atom. The lowest BCUT2D eigenvalue weighted by Crippen LogP contribution is -2.35. The van der Waals surface area contributed by atoms with Gasteiger partial charge in [0.2, 0.25) is 5.91 Å². The number of hydrogen-bond acceptors (Lipinski definition) is 3. The molecular formula is C20H22N2O3. The molecule has 0 bridgehead atoms. The van der Waals surface area contributed by atoms with Crippen molar-refractivity contribution in [2.24, 2.45) is 0 Å². The van der Waals surface area contributed by atoms with Crippen LogP contribution in [0.3, 0.4) is 0 Å². The number of carbonyl (C=O) groups excluding carboxylic acids is 2. The second-order valence-electron chi connectivity index (χ2n) is 6.04. The van der Waals surface area contributed by atoms with Gasteiger partial charge in [0.25, 0.3) is 5.91 Å². The summed E-state index contributed by atoms with van der Waals surface area (Å²) >= 11 is 0. The number of ether oxygens (including phenoxy) is 1. The predicted molar refractivity (Wildman–Crippen MR) is 98.0 cm³/mol. The Labute approximate surface area is 147 Å². The van der Waals surface area contributed by atoms with E-state index in [0.29, 0.717) is 18.6 Å². The van der Waals surface area contributed by atoms with Gasteiger partial charge in [0.1, 0.15) is 5.75 Å². The number of nitrogens with zero attached hydrogens (tertiary/aromatic N) is 1. The average molecular weight is 338 g/mol. The third kappa shape index (κ3) is 4.18. The molecule has 2 aromatic rings. The van der Waals surface area contributed by atoms with Gasteiger partial charge in [0, 0.05) is 24.3 Å². The summed E-state index contributed by atoms with van der Waals surface area (Å²) in [7, 11) is 0. The van der Waals surface area contributed by atoms with Crippen molar-refractivity contribution < 1.29 is 14.3 Å². The van der Waals surface area contributed by atoms with Gasteiger partial charge in [0.15, 0.2) is 6.61 Å². The Morgan fingerprint density at radius 1 is 1.16 bits per heavy atom. The first-order valence-electron chi connectivity index (χ1n) is 8.58. The fourth-order valence-corrected chi connectivity index (χ4v) is 2.97. The van der Waals surface area contributed by atoms with Gasteiger partial charge in [-0.15, -0.1) is 0 Å². The molecule has 5 nitrogen and oxygen atoms in total. The average Bonchev–Trinajstić information content (AvgIpc) is 2.63. The van der Waals surface area contributed by atoms with Crippen LogP contribution in [0, 0.1) is 0 Å². The lowest BCUT2D eigenvalue weighted by atomic mass is 10.00. The molecule has 5 heteroatoms. The lowest BCUT2D eigenvalue weighted by molar-refractivity contribution is -0.119. The molecule has 1 heterocycles. The summed E-state index contributed by atoms with van der Waals surface area (Å²) in [5.74, 6) is 0.625. The highest BCUT2D eigenvalue weighted by Crippen LogP contribution is 2.30. The summed E-state index contributed by atoms with van der Waals surface area (Å²) in [4.78, 5) is 26.0. The van der Waals surface area contributed by atoms with E-state index in [1.165, 1.54) is 0 Å². The first-order valence-corrected chi connectivity index (χ1v) is 8.58. The van der Waals surface area contributed by atoms with E-state index in [2.05, 4.69) is 12.2 Å². The number of rotatable bonds is 6. The van der Waals surface area contributed by atoms with E-state index < -0.39 is 0 Å². The maximum absolute atomic E-state index is 12.1. The second kappa shape index (κ2) is 7.83. The summed E-state index contributed by atoms with van der Waals surface area (Å²) in [5, 5.41) is 2.85. The van der Waals surface area contributed by atoms with E-state index in [1.54, 1.807) is 0 Å². The quantitative estimate of drug-likeness (QED) is 0.878. The minimum atomic E-state index is -0.207. The highest BCUT2D eigenvalue weighted by atomic mass is 16.5. The zero-order valence-electron chi connectivity index (χ0n) is 14.3. The van der Waals surface area contributed by atoms with Gasteiger partial charge in [-0.2, -0.15) is 0 Å². The molecule has 2 aromatic carbocycles. The molecular weight excluding hydrogens is 316 g/mol. The smallest absolute Gasteiger partial charge is 0.262 e. The van der Waals surface area contributed by atoms with Crippen molar-refractivity contribution in [2.45, 2.75) is 26.2 Å². The summed E-state index contributed by atoms with van der Waals surface area (Å²) in [6.07, 6.45) is 2.14. The highest BCUT2D eigenvalue weighted by molar-refractivity contribution is 5.97. The molecule has 0 fully saturated rings. The Hall–Kier alpha value is -2.82. The number of hydrogen-bond donors (Lipinski definition) is 1. The van der Waals surface area contributed by atoms with Crippen molar-refractivity contribution in [3.05, 3.63) is 54.1 Å². The molecule has 1 aliphatic rings. The first-order chi connectivity index (χ1) is 12.2. The number of aryl methyl sites for hydroxylation is 1. The molecule has 0 spiro atoms. The summed E-state index contributed by atoms with van der Waals surface area (Å²) < 4.78 is 5.45. The van der Waals surface area contributed by atoms with Crippen LogP contribution in [0.5, 0.6) is 5.75 Å². The van der Waals surface area contributed by atoms with Crippen LogP contribution in [0.2, 0.25) is 0 Å². The van der Waals surface area contributed by atoms with E-state index >= 15 is 0 Å². The van der Waals surface area contributed by atoms with Gasteiger partial charge >= 0.3 is 0 Å². The van der Waals surface area contributed by atoms with Gasteiger partial charge in [0.05, 0.1) is 0 Å². The van der Waals surface area contributed by atoms with E-state index in [4.69, 9.17) is 4.74 Å². The highest BCUT2D eigenvalue weighted by Gasteiger charge is 2.23. The Balaban J connectivity index is 1.64. The van der Waals surface area contributed by atoms with Gasteiger partial charge in [-0.05, 0) is 48.7 Å². The Kier molecular flexibility index (Phi) is 5.33. The summed E-state index contributed by atoms with van der Waals surface area (Å²) in [6.45, 7) is 2.74. The number of amides is 2. The minimum Gasteiger partial charge on any atom is -0.484 e. The maximum atomic E-state index is 12.1. The molecule has 25 heavy (non-hydrogen) atoms. The van der Waals surface area contributed by atoms with Crippen LogP contribution in [0.25, 0.3) is 0 Å².